The van der Waals surface area contributed by atoms with E-state index in [0.717, 1.165) is 16.9 Å². The van der Waals surface area contributed by atoms with Gasteiger partial charge in [0.05, 0.1) is 25.2 Å². The minimum absolute atomic E-state index is 0.000844. The van der Waals surface area contributed by atoms with Crippen LogP contribution in [0.4, 0.5) is 0 Å². The smallest absolute Gasteiger partial charge is 0.308 e. The molecule has 40 heavy (non-hydrogen) atoms. The van der Waals surface area contributed by atoms with Gasteiger partial charge in [-0.3, -0.25) is 4.79 Å². The average molecular weight is 685 g/mol. The molecule has 0 bridgehead atoms. The van der Waals surface area contributed by atoms with Gasteiger partial charge in [0, 0.05) is 11.5 Å². The second-order valence-electron chi connectivity index (χ2n) is 12.4. The van der Waals surface area contributed by atoms with E-state index in [1.807, 2.05) is 55.2 Å². The topological polar surface area (TPSA) is 63.2 Å². The Bertz CT molecular complexity index is 1030. The van der Waals surface area contributed by atoms with Gasteiger partial charge in [0.1, 0.15) is 18.0 Å². The van der Waals surface area contributed by atoms with Crippen molar-refractivity contribution < 1.29 is 28.2 Å². The van der Waals surface area contributed by atoms with E-state index in [4.69, 9.17) is 23.4 Å². The molecule has 1 aromatic rings. The van der Waals surface area contributed by atoms with E-state index in [9.17, 15) is 4.79 Å². The maximum atomic E-state index is 13.3. The minimum atomic E-state index is -2.17. The summed E-state index contributed by atoms with van der Waals surface area (Å²) in [7, 11) is -0.534. The highest BCUT2D eigenvalue weighted by Gasteiger charge is 2.46. The molecule has 0 spiro atoms. The van der Waals surface area contributed by atoms with Crippen LogP contribution in [0.2, 0.25) is 18.1 Å². The molecule has 0 saturated carbocycles. The largest absolute Gasteiger partial charge is 0.497 e. The first kappa shape index (κ1) is 34.7. The fourth-order valence-electron chi connectivity index (χ4n) is 4.45. The highest BCUT2D eigenvalue weighted by atomic mass is 127. The Morgan fingerprint density at radius 3 is 2.35 bits per heavy atom. The van der Waals surface area contributed by atoms with Crippen molar-refractivity contribution in [3.05, 3.63) is 64.8 Å². The fraction of sp³-hybridized carbons (Fsp3) is 0.594. The van der Waals surface area contributed by atoms with Crippen molar-refractivity contribution in [1.82, 2.24) is 0 Å². The maximum absolute atomic E-state index is 13.3. The van der Waals surface area contributed by atoms with Gasteiger partial charge in [0.25, 0.3) is 0 Å². The third kappa shape index (κ3) is 9.02. The first-order valence-corrected chi connectivity index (χ1v) is 18.1. The number of carbonyl (C=O) groups is 1. The molecule has 1 aromatic carbocycles. The number of hydrogen-bond donors (Lipinski definition) is 0. The Morgan fingerprint density at radius 2 is 1.85 bits per heavy atom. The van der Waals surface area contributed by atoms with Gasteiger partial charge in [-0.1, -0.05) is 74.6 Å². The zero-order valence-corrected chi connectivity index (χ0v) is 28.9. The van der Waals surface area contributed by atoms with Crippen LogP contribution in [-0.2, 0) is 23.4 Å². The molecule has 6 nitrogen and oxygen atoms in total. The summed E-state index contributed by atoms with van der Waals surface area (Å²) in [4.78, 5) is 13.3. The quantitative estimate of drug-likeness (QED) is 0.0846. The molecule has 224 valence electrons. The average Bonchev–Trinajstić information content (AvgIpc) is 3.25. The zero-order valence-electron chi connectivity index (χ0n) is 25.8. The van der Waals surface area contributed by atoms with Crippen LogP contribution in [0.1, 0.15) is 72.7 Å². The van der Waals surface area contributed by atoms with Crippen LogP contribution in [0.15, 0.2) is 59.2 Å². The van der Waals surface area contributed by atoms with Crippen molar-refractivity contribution in [2.75, 3.05) is 7.11 Å². The van der Waals surface area contributed by atoms with Crippen LogP contribution >= 0.6 is 22.6 Å². The molecular formula is C32H49IO6Si. The summed E-state index contributed by atoms with van der Waals surface area (Å²) in [6.45, 7) is 24.9. The lowest BCUT2D eigenvalue weighted by Crippen LogP contribution is -2.45. The lowest BCUT2D eigenvalue weighted by atomic mass is 9.91. The van der Waals surface area contributed by atoms with Crippen molar-refractivity contribution in [2.24, 2.45) is 5.92 Å². The van der Waals surface area contributed by atoms with Crippen molar-refractivity contribution >= 4 is 36.9 Å². The molecule has 3 unspecified atom stereocenters. The molecule has 6 atom stereocenters. The van der Waals surface area contributed by atoms with E-state index in [1.165, 1.54) is 0 Å². The molecule has 1 aliphatic rings. The van der Waals surface area contributed by atoms with E-state index in [-0.39, 0.29) is 41.7 Å². The number of halogens is 1. The SMILES string of the molecule is C=CC(C)C(OC(=O)C[C@H](CC[C@@]1(C)OC(c2ccc(OC)cc2)O[C@H]1C=C)O[Si](C)(C)C(C)(C)C)C(C)=CI. The standard InChI is InChI=1S/C32H49IO6Si/c1-12-22(3)29(23(4)21-33)37-28(34)20-26(39-40(10,11)31(5,6)7)18-19-32(8)27(13-2)36-30(38-32)24-14-16-25(35-9)17-15-24/h12-17,21-22,26-27,29-30H,1-2,18-20H2,3-11H3/t22?,26-,27-,29?,30?,32+/m0/s1. The molecule has 0 radical (unpaired) electrons. The number of ether oxygens (including phenoxy) is 4. The van der Waals surface area contributed by atoms with Gasteiger partial charge in [-0.15, -0.1) is 13.2 Å². The molecule has 1 saturated heterocycles. The van der Waals surface area contributed by atoms with Crippen LogP contribution in [0.3, 0.4) is 0 Å². The number of hydrogen-bond acceptors (Lipinski definition) is 6. The molecule has 0 N–H and O–H groups in total. The van der Waals surface area contributed by atoms with Crippen LogP contribution < -0.4 is 4.74 Å². The van der Waals surface area contributed by atoms with Gasteiger partial charge < -0.3 is 23.4 Å². The number of carbonyl (C=O) groups excluding carboxylic acids is 1. The van der Waals surface area contributed by atoms with Crippen LogP contribution in [-0.4, -0.2) is 45.3 Å². The van der Waals surface area contributed by atoms with Gasteiger partial charge >= 0.3 is 5.97 Å². The molecule has 0 aromatic heterocycles. The first-order chi connectivity index (χ1) is 18.6. The summed E-state index contributed by atoms with van der Waals surface area (Å²) in [6.07, 6.45) is 3.52. The third-order valence-electron chi connectivity index (χ3n) is 8.20. The summed E-state index contributed by atoms with van der Waals surface area (Å²) < 4.78 is 32.8. The van der Waals surface area contributed by atoms with Crippen molar-refractivity contribution in [3.63, 3.8) is 0 Å². The van der Waals surface area contributed by atoms with Gasteiger partial charge in [-0.05, 0) is 66.6 Å². The Labute approximate surface area is 256 Å². The lowest BCUT2D eigenvalue weighted by Gasteiger charge is -2.40. The molecule has 0 amide bonds. The van der Waals surface area contributed by atoms with E-state index >= 15 is 0 Å². The monoisotopic (exact) mass is 684 g/mol. The highest BCUT2D eigenvalue weighted by Crippen LogP contribution is 2.43. The normalized spacial score (nSPS) is 24.2. The number of esters is 1. The molecular weight excluding hydrogens is 635 g/mol. The number of rotatable bonds is 14. The molecule has 0 aliphatic carbocycles. The molecule has 1 heterocycles. The van der Waals surface area contributed by atoms with Crippen molar-refractivity contribution in [2.45, 2.75) is 109 Å². The zero-order chi connectivity index (χ0) is 30.3. The van der Waals surface area contributed by atoms with Crippen LogP contribution in [0, 0.1) is 5.92 Å². The van der Waals surface area contributed by atoms with E-state index in [2.05, 4.69) is 69.6 Å². The molecule has 1 aliphatic heterocycles. The predicted octanol–water partition coefficient (Wildman–Crippen LogP) is 8.69. The highest BCUT2D eigenvalue weighted by molar-refractivity contribution is 14.1. The number of methoxy groups -OCH3 is 1. The second-order valence-corrected chi connectivity index (χ2v) is 17.8. The van der Waals surface area contributed by atoms with Crippen molar-refractivity contribution in [1.29, 1.82) is 0 Å². The van der Waals surface area contributed by atoms with E-state index in [0.29, 0.717) is 12.8 Å². The maximum Gasteiger partial charge on any atom is 0.308 e. The van der Waals surface area contributed by atoms with Crippen LogP contribution in [0.5, 0.6) is 5.75 Å². The van der Waals surface area contributed by atoms with E-state index < -0.39 is 20.2 Å². The summed E-state index contributed by atoms with van der Waals surface area (Å²) >= 11 is 2.18. The molecule has 1 fully saturated rings. The Balaban J connectivity index is 2.23. The van der Waals surface area contributed by atoms with Gasteiger partial charge in [0.15, 0.2) is 14.6 Å². The van der Waals surface area contributed by atoms with Crippen molar-refractivity contribution in [3.8, 4) is 5.75 Å². The molecule has 2 rings (SSSR count). The number of benzene rings is 1. The van der Waals surface area contributed by atoms with Crippen LogP contribution in [0.25, 0.3) is 0 Å². The van der Waals surface area contributed by atoms with Gasteiger partial charge in [0.2, 0.25) is 0 Å². The second kappa shape index (κ2) is 14.6. The van der Waals surface area contributed by atoms with Gasteiger partial charge in [-0.25, -0.2) is 0 Å². The Morgan fingerprint density at radius 1 is 1.23 bits per heavy atom. The summed E-state index contributed by atoms with van der Waals surface area (Å²) in [6, 6.07) is 7.68. The Kier molecular flexibility index (Phi) is 12.7. The third-order valence-corrected chi connectivity index (χ3v) is 13.7. The summed E-state index contributed by atoms with van der Waals surface area (Å²) in [5.74, 6) is 0.502. The Hall–Kier alpha value is -1.46. The predicted molar refractivity (Wildman–Crippen MR) is 173 cm³/mol. The van der Waals surface area contributed by atoms with E-state index in [1.54, 1.807) is 13.2 Å². The first-order valence-electron chi connectivity index (χ1n) is 14.0. The molecule has 8 heteroatoms. The summed E-state index contributed by atoms with van der Waals surface area (Å²) in [5, 5.41) is -0.00440. The minimum Gasteiger partial charge on any atom is -0.497 e. The summed E-state index contributed by atoms with van der Waals surface area (Å²) in [5.41, 5.74) is 1.27. The fourth-order valence-corrected chi connectivity index (χ4v) is 6.19. The van der Waals surface area contributed by atoms with Gasteiger partial charge in [-0.2, -0.15) is 0 Å². The lowest BCUT2D eigenvalue weighted by molar-refractivity contribution is -0.151.